The van der Waals surface area contributed by atoms with Gasteiger partial charge in [-0.2, -0.15) is 5.10 Å². The van der Waals surface area contributed by atoms with Crippen LogP contribution < -0.4 is 5.32 Å². The molecule has 0 aliphatic rings. The highest BCUT2D eigenvalue weighted by atomic mass is 16.1. The molecule has 5 heteroatoms. The number of carbonyl (C=O) groups excluding carboxylic acids is 2. The molecule has 0 saturated carbocycles. The number of aromatic nitrogens is 2. The molecule has 1 aromatic carbocycles. The average molecular weight is 257 g/mol. The van der Waals surface area contributed by atoms with Crippen molar-refractivity contribution in [2.75, 3.05) is 5.32 Å². The maximum absolute atomic E-state index is 11.8. The highest BCUT2D eigenvalue weighted by Crippen LogP contribution is 2.11. The monoisotopic (exact) mass is 257 g/mol. The lowest BCUT2D eigenvalue weighted by Crippen LogP contribution is -2.14. The number of anilines is 1. The quantitative estimate of drug-likeness (QED) is 0.834. The zero-order valence-corrected chi connectivity index (χ0v) is 10.7. The van der Waals surface area contributed by atoms with Crippen LogP contribution in [-0.2, 0) is 11.3 Å². The summed E-state index contributed by atoms with van der Waals surface area (Å²) in [6.45, 7) is 2.03. The van der Waals surface area contributed by atoms with Gasteiger partial charge in [0.2, 0.25) is 5.91 Å². The Kier molecular flexibility index (Phi) is 4.07. The fourth-order valence-electron chi connectivity index (χ4n) is 1.69. The van der Waals surface area contributed by atoms with Gasteiger partial charge in [0.1, 0.15) is 0 Å². The Morgan fingerprint density at radius 3 is 2.84 bits per heavy atom. The summed E-state index contributed by atoms with van der Waals surface area (Å²) < 4.78 is 1.70. The van der Waals surface area contributed by atoms with Gasteiger partial charge in [-0.05, 0) is 25.1 Å². The average Bonchev–Trinajstić information content (AvgIpc) is 2.90. The van der Waals surface area contributed by atoms with Crippen LogP contribution in [0.15, 0.2) is 42.7 Å². The largest absolute Gasteiger partial charge is 0.326 e. The summed E-state index contributed by atoms with van der Waals surface area (Å²) in [5.41, 5.74) is 1.23. The van der Waals surface area contributed by atoms with E-state index in [1.165, 1.54) is 6.92 Å². The topological polar surface area (TPSA) is 64.0 Å². The van der Waals surface area contributed by atoms with Crippen LogP contribution in [0.4, 0.5) is 5.69 Å². The molecule has 0 atom stereocenters. The van der Waals surface area contributed by atoms with Gasteiger partial charge < -0.3 is 5.32 Å². The highest BCUT2D eigenvalue weighted by Gasteiger charge is 2.05. The summed E-state index contributed by atoms with van der Waals surface area (Å²) in [6.07, 6.45) is 3.82. The van der Waals surface area contributed by atoms with Gasteiger partial charge in [0.25, 0.3) is 0 Å². The van der Waals surface area contributed by atoms with E-state index in [1.807, 2.05) is 12.3 Å². The van der Waals surface area contributed by atoms with Gasteiger partial charge in [-0.3, -0.25) is 14.3 Å². The van der Waals surface area contributed by atoms with Crippen LogP contribution in [0.1, 0.15) is 23.7 Å². The Morgan fingerprint density at radius 1 is 1.32 bits per heavy atom. The maximum Gasteiger partial charge on any atom is 0.226 e. The van der Waals surface area contributed by atoms with E-state index in [0.717, 1.165) is 0 Å². The van der Waals surface area contributed by atoms with Crippen LogP contribution in [0, 0.1) is 0 Å². The van der Waals surface area contributed by atoms with Crippen molar-refractivity contribution in [3.05, 3.63) is 48.3 Å². The molecule has 5 nitrogen and oxygen atoms in total. The first-order valence-electron chi connectivity index (χ1n) is 6.03. The standard InChI is InChI=1S/C14H15N3O2/c1-11(18)12-4-2-5-13(10-12)16-14(19)6-9-17-8-3-7-15-17/h2-5,7-8,10H,6,9H2,1H3,(H,16,19). The zero-order chi connectivity index (χ0) is 13.7. The Labute approximate surface area is 111 Å². The number of Topliss-reactive ketones (excluding diaryl/α,β-unsaturated/α-hetero) is 1. The number of rotatable bonds is 5. The molecule has 0 aliphatic carbocycles. The molecule has 0 bridgehead atoms. The van der Waals surface area contributed by atoms with Crippen molar-refractivity contribution in [2.24, 2.45) is 0 Å². The lowest BCUT2D eigenvalue weighted by Gasteiger charge is -2.06. The van der Waals surface area contributed by atoms with Crippen molar-refractivity contribution in [2.45, 2.75) is 19.9 Å². The zero-order valence-electron chi connectivity index (χ0n) is 10.7. The molecule has 1 amide bonds. The number of nitrogens with zero attached hydrogens (tertiary/aromatic N) is 2. The lowest BCUT2D eigenvalue weighted by molar-refractivity contribution is -0.116. The van der Waals surface area contributed by atoms with E-state index in [-0.39, 0.29) is 11.7 Å². The van der Waals surface area contributed by atoms with Gasteiger partial charge in [0.15, 0.2) is 5.78 Å². The van der Waals surface area contributed by atoms with E-state index in [2.05, 4.69) is 10.4 Å². The van der Waals surface area contributed by atoms with E-state index >= 15 is 0 Å². The summed E-state index contributed by atoms with van der Waals surface area (Å²) in [5.74, 6) is -0.121. The van der Waals surface area contributed by atoms with E-state index < -0.39 is 0 Å². The minimum absolute atomic E-state index is 0.0207. The van der Waals surface area contributed by atoms with Gasteiger partial charge in [0, 0.05) is 36.6 Å². The molecule has 0 fully saturated rings. The van der Waals surface area contributed by atoms with Crippen LogP contribution in [0.5, 0.6) is 0 Å². The van der Waals surface area contributed by atoms with E-state index in [1.54, 1.807) is 35.1 Å². The Balaban J connectivity index is 1.91. The second-order valence-corrected chi connectivity index (χ2v) is 4.20. The lowest BCUT2D eigenvalue weighted by atomic mass is 10.1. The van der Waals surface area contributed by atoms with Crippen molar-refractivity contribution in [3.8, 4) is 0 Å². The molecule has 19 heavy (non-hydrogen) atoms. The second-order valence-electron chi connectivity index (χ2n) is 4.20. The van der Waals surface area contributed by atoms with Gasteiger partial charge >= 0.3 is 0 Å². The number of benzene rings is 1. The second kappa shape index (κ2) is 5.95. The first-order valence-corrected chi connectivity index (χ1v) is 6.03. The molecule has 1 heterocycles. The van der Waals surface area contributed by atoms with Gasteiger partial charge in [-0.25, -0.2) is 0 Å². The molecule has 0 radical (unpaired) electrons. The summed E-state index contributed by atoms with van der Waals surface area (Å²) in [4.78, 5) is 23.0. The normalized spacial score (nSPS) is 10.2. The predicted octanol–water partition coefficient (Wildman–Crippen LogP) is 2.11. The summed E-state index contributed by atoms with van der Waals surface area (Å²) in [5, 5.41) is 6.79. The summed E-state index contributed by atoms with van der Waals surface area (Å²) in [7, 11) is 0. The maximum atomic E-state index is 11.8. The van der Waals surface area contributed by atoms with Crippen LogP contribution in [0.3, 0.4) is 0 Å². The highest BCUT2D eigenvalue weighted by molar-refractivity contribution is 5.97. The predicted molar refractivity (Wildman–Crippen MR) is 71.9 cm³/mol. The SMILES string of the molecule is CC(=O)c1cccc(NC(=O)CCn2cccn2)c1. The Morgan fingerprint density at radius 2 is 2.16 bits per heavy atom. The molecule has 0 unspecified atom stereocenters. The van der Waals surface area contributed by atoms with Crippen molar-refractivity contribution < 1.29 is 9.59 Å². The number of nitrogens with one attached hydrogen (secondary N) is 1. The van der Waals surface area contributed by atoms with E-state index in [4.69, 9.17) is 0 Å². The van der Waals surface area contributed by atoms with Gasteiger partial charge in [-0.15, -0.1) is 0 Å². The number of ketones is 1. The molecule has 2 rings (SSSR count). The Hall–Kier alpha value is -2.43. The molecule has 1 aromatic heterocycles. The summed E-state index contributed by atoms with van der Waals surface area (Å²) >= 11 is 0. The first-order chi connectivity index (χ1) is 9.15. The molecular formula is C14H15N3O2. The van der Waals surface area contributed by atoms with Crippen LogP contribution in [0.25, 0.3) is 0 Å². The fraction of sp³-hybridized carbons (Fsp3) is 0.214. The first kappa shape index (κ1) is 13.0. The molecule has 0 saturated heterocycles. The molecule has 0 aliphatic heterocycles. The third kappa shape index (κ3) is 3.77. The number of aryl methyl sites for hydroxylation is 1. The van der Waals surface area contributed by atoms with E-state index in [0.29, 0.717) is 24.2 Å². The van der Waals surface area contributed by atoms with Crippen molar-refractivity contribution in [3.63, 3.8) is 0 Å². The van der Waals surface area contributed by atoms with Crippen molar-refractivity contribution in [1.29, 1.82) is 0 Å². The van der Waals surface area contributed by atoms with Crippen molar-refractivity contribution in [1.82, 2.24) is 9.78 Å². The molecular weight excluding hydrogens is 242 g/mol. The molecule has 2 aromatic rings. The number of amides is 1. The van der Waals surface area contributed by atoms with Crippen LogP contribution in [0.2, 0.25) is 0 Å². The molecule has 98 valence electrons. The number of carbonyl (C=O) groups is 2. The third-order valence-corrected chi connectivity index (χ3v) is 2.68. The fourth-order valence-corrected chi connectivity index (χ4v) is 1.69. The minimum Gasteiger partial charge on any atom is -0.326 e. The summed E-state index contributed by atoms with van der Waals surface area (Å²) in [6, 6.07) is 8.72. The van der Waals surface area contributed by atoms with Crippen LogP contribution in [-0.4, -0.2) is 21.5 Å². The smallest absolute Gasteiger partial charge is 0.226 e. The van der Waals surface area contributed by atoms with Crippen molar-refractivity contribution >= 4 is 17.4 Å². The minimum atomic E-state index is -0.101. The van der Waals surface area contributed by atoms with Gasteiger partial charge in [-0.1, -0.05) is 12.1 Å². The number of hydrogen-bond donors (Lipinski definition) is 1. The van der Waals surface area contributed by atoms with Gasteiger partial charge in [0.05, 0.1) is 0 Å². The molecule has 1 N–H and O–H groups in total. The number of hydrogen-bond acceptors (Lipinski definition) is 3. The van der Waals surface area contributed by atoms with Crippen LogP contribution >= 0.6 is 0 Å². The molecule has 0 spiro atoms. The third-order valence-electron chi connectivity index (χ3n) is 2.68. The Bertz CT molecular complexity index is 576. The van der Waals surface area contributed by atoms with E-state index in [9.17, 15) is 9.59 Å².